The molecule has 2 aliphatic rings. The minimum Gasteiger partial charge on any atom is -0.452 e. The zero-order valence-corrected chi connectivity index (χ0v) is 19.6. The van der Waals surface area contributed by atoms with Gasteiger partial charge in [0.1, 0.15) is 5.15 Å². The fraction of sp³-hybridized carbons (Fsp3) is 0.364. The summed E-state index contributed by atoms with van der Waals surface area (Å²) in [6.07, 6.45) is 3.70. The zero-order chi connectivity index (χ0) is 23.6. The number of hydrazone groups is 1. The van der Waals surface area contributed by atoms with Gasteiger partial charge in [0.15, 0.2) is 16.4 Å². The number of ether oxygens (including phenoxy) is 1. The molecular weight excluding hydrogens is 468 g/mol. The molecule has 1 fully saturated rings. The molecule has 3 heterocycles. The SMILES string of the molecule is Cc1nn(C2CCS(=O)(=O)C2)c(Cl)c1C=CC(=O)OCC(=O)N1CCC(c2ccccc2)=N1. The average molecular weight is 491 g/mol. The Morgan fingerprint density at radius 2 is 2.03 bits per heavy atom. The number of benzene rings is 1. The van der Waals surface area contributed by atoms with E-state index in [4.69, 9.17) is 16.3 Å². The van der Waals surface area contributed by atoms with Gasteiger partial charge in [-0.1, -0.05) is 41.9 Å². The van der Waals surface area contributed by atoms with Crippen LogP contribution in [0.1, 0.15) is 35.7 Å². The number of halogens is 1. The molecule has 174 valence electrons. The summed E-state index contributed by atoms with van der Waals surface area (Å²) in [7, 11) is -3.09. The van der Waals surface area contributed by atoms with Crippen LogP contribution in [0.5, 0.6) is 0 Å². The van der Waals surface area contributed by atoms with Gasteiger partial charge in [0.2, 0.25) is 0 Å². The Morgan fingerprint density at radius 3 is 2.73 bits per heavy atom. The van der Waals surface area contributed by atoms with Crippen molar-refractivity contribution in [1.82, 2.24) is 14.8 Å². The second-order valence-corrected chi connectivity index (χ2v) is 10.5. The van der Waals surface area contributed by atoms with Crippen molar-refractivity contribution < 1.29 is 22.7 Å². The van der Waals surface area contributed by atoms with Crippen LogP contribution in [-0.4, -0.2) is 65.5 Å². The molecule has 0 bridgehead atoms. The molecule has 1 amide bonds. The number of hydrogen-bond donors (Lipinski definition) is 0. The van der Waals surface area contributed by atoms with Crippen molar-refractivity contribution in [3.63, 3.8) is 0 Å². The molecule has 0 aliphatic carbocycles. The van der Waals surface area contributed by atoms with Crippen molar-refractivity contribution in [2.24, 2.45) is 5.10 Å². The Hall–Kier alpha value is -2.98. The highest BCUT2D eigenvalue weighted by Crippen LogP contribution is 2.30. The summed E-state index contributed by atoms with van der Waals surface area (Å²) in [6.45, 7) is 1.72. The first-order valence-corrected chi connectivity index (χ1v) is 12.7. The summed E-state index contributed by atoms with van der Waals surface area (Å²) in [5.41, 5.74) is 2.83. The summed E-state index contributed by atoms with van der Waals surface area (Å²) in [5, 5.41) is 10.2. The lowest BCUT2D eigenvalue weighted by atomic mass is 10.1. The van der Waals surface area contributed by atoms with Crippen LogP contribution in [-0.2, 0) is 24.2 Å². The topological polar surface area (TPSA) is 111 Å². The third-order valence-corrected chi connectivity index (χ3v) is 7.67. The van der Waals surface area contributed by atoms with Crippen molar-refractivity contribution in [3.05, 3.63) is 58.4 Å². The molecule has 2 aromatic rings. The first kappa shape index (κ1) is 23.2. The molecule has 1 atom stereocenters. The lowest BCUT2D eigenvalue weighted by molar-refractivity contribution is -0.147. The van der Waals surface area contributed by atoms with Crippen LogP contribution >= 0.6 is 11.6 Å². The molecule has 0 N–H and O–H groups in total. The van der Waals surface area contributed by atoms with Gasteiger partial charge in [-0.05, 0) is 25.0 Å². The summed E-state index contributed by atoms with van der Waals surface area (Å²) < 4.78 is 30.0. The molecule has 33 heavy (non-hydrogen) atoms. The van der Waals surface area contributed by atoms with Crippen molar-refractivity contribution in [1.29, 1.82) is 0 Å². The Bertz CT molecular complexity index is 1240. The van der Waals surface area contributed by atoms with E-state index in [9.17, 15) is 18.0 Å². The van der Waals surface area contributed by atoms with Gasteiger partial charge in [-0.15, -0.1) is 0 Å². The molecule has 1 aromatic heterocycles. The summed E-state index contributed by atoms with van der Waals surface area (Å²) in [4.78, 5) is 24.5. The van der Waals surface area contributed by atoms with E-state index in [1.807, 2.05) is 30.3 Å². The lowest BCUT2D eigenvalue weighted by Gasteiger charge is -2.10. The second kappa shape index (κ2) is 9.48. The number of sulfone groups is 1. The van der Waals surface area contributed by atoms with E-state index >= 15 is 0 Å². The van der Waals surface area contributed by atoms with Crippen LogP contribution in [0.4, 0.5) is 0 Å². The number of carbonyl (C=O) groups excluding carboxylic acids is 2. The highest BCUT2D eigenvalue weighted by molar-refractivity contribution is 7.91. The standard InChI is InChI=1S/C22H23ClN4O5S/c1-15-18(22(23)27(24-15)17-10-12-33(30,31)14-17)7-8-21(29)32-13-20(28)26-11-9-19(25-26)16-5-3-2-4-6-16/h2-8,17H,9-14H2,1H3. The van der Waals surface area contributed by atoms with Crippen LogP contribution in [0.2, 0.25) is 5.15 Å². The number of aryl methyl sites for hydroxylation is 1. The van der Waals surface area contributed by atoms with Crippen molar-refractivity contribution in [3.8, 4) is 0 Å². The number of aromatic nitrogens is 2. The van der Waals surface area contributed by atoms with Crippen LogP contribution < -0.4 is 0 Å². The Balaban J connectivity index is 1.34. The molecule has 0 radical (unpaired) electrons. The smallest absolute Gasteiger partial charge is 0.331 e. The predicted octanol–water partition coefficient (Wildman–Crippen LogP) is 2.40. The molecule has 11 heteroatoms. The average Bonchev–Trinajstić information content (AvgIpc) is 3.49. The molecule has 0 spiro atoms. The third kappa shape index (κ3) is 5.33. The van der Waals surface area contributed by atoms with Crippen LogP contribution in [0.25, 0.3) is 6.08 Å². The Labute approximate surface area is 196 Å². The molecule has 0 saturated carbocycles. The number of amides is 1. The molecule has 1 saturated heterocycles. The minimum atomic E-state index is -3.09. The molecule has 1 aromatic carbocycles. The van der Waals surface area contributed by atoms with Gasteiger partial charge in [-0.2, -0.15) is 10.2 Å². The predicted molar refractivity (Wildman–Crippen MR) is 124 cm³/mol. The summed E-state index contributed by atoms with van der Waals surface area (Å²) in [6, 6.07) is 9.26. The molecule has 2 aliphatic heterocycles. The molecular formula is C22H23ClN4O5S. The zero-order valence-electron chi connectivity index (χ0n) is 18.0. The maximum absolute atomic E-state index is 12.3. The minimum absolute atomic E-state index is 0.00782. The summed E-state index contributed by atoms with van der Waals surface area (Å²) >= 11 is 6.39. The fourth-order valence-electron chi connectivity index (χ4n) is 3.81. The lowest BCUT2D eigenvalue weighted by Crippen LogP contribution is -2.28. The van der Waals surface area contributed by atoms with Gasteiger partial charge in [0.25, 0.3) is 5.91 Å². The Kier molecular flexibility index (Phi) is 6.66. The van der Waals surface area contributed by atoms with E-state index < -0.39 is 28.3 Å². The van der Waals surface area contributed by atoms with Crippen LogP contribution in [0.3, 0.4) is 0 Å². The van der Waals surface area contributed by atoms with E-state index in [2.05, 4.69) is 10.2 Å². The third-order valence-electron chi connectivity index (χ3n) is 5.55. The van der Waals surface area contributed by atoms with E-state index in [1.165, 1.54) is 21.8 Å². The summed E-state index contributed by atoms with van der Waals surface area (Å²) in [5.74, 6) is -1.02. The highest BCUT2D eigenvalue weighted by Gasteiger charge is 2.31. The molecule has 1 unspecified atom stereocenters. The van der Waals surface area contributed by atoms with Crippen LogP contribution in [0, 0.1) is 6.92 Å². The van der Waals surface area contributed by atoms with Crippen LogP contribution in [0.15, 0.2) is 41.5 Å². The second-order valence-electron chi connectivity index (χ2n) is 7.91. The van der Waals surface area contributed by atoms with Crippen molar-refractivity contribution in [2.45, 2.75) is 25.8 Å². The number of esters is 1. The normalized spacial score (nSPS) is 19.8. The fourth-order valence-corrected chi connectivity index (χ4v) is 5.88. The van der Waals surface area contributed by atoms with Gasteiger partial charge in [-0.3, -0.25) is 4.79 Å². The maximum atomic E-state index is 12.3. The van der Waals surface area contributed by atoms with Gasteiger partial charge >= 0.3 is 5.97 Å². The Morgan fingerprint density at radius 1 is 1.27 bits per heavy atom. The van der Waals surface area contributed by atoms with Crippen molar-refractivity contribution >= 4 is 45.1 Å². The molecule has 9 nitrogen and oxygen atoms in total. The van der Waals surface area contributed by atoms with Crippen molar-refractivity contribution in [2.75, 3.05) is 24.7 Å². The monoisotopic (exact) mass is 490 g/mol. The van der Waals surface area contributed by atoms with E-state index in [1.54, 1.807) is 6.92 Å². The van der Waals surface area contributed by atoms with E-state index in [0.29, 0.717) is 30.6 Å². The first-order valence-electron chi connectivity index (χ1n) is 10.5. The van der Waals surface area contributed by atoms with E-state index in [-0.39, 0.29) is 22.7 Å². The maximum Gasteiger partial charge on any atom is 0.331 e. The number of nitrogens with zero attached hydrogens (tertiary/aromatic N) is 4. The first-order chi connectivity index (χ1) is 15.7. The van der Waals surface area contributed by atoms with Gasteiger partial charge in [-0.25, -0.2) is 22.9 Å². The quantitative estimate of drug-likeness (QED) is 0.454. The molecule has 4 rings (SSSR count). The van der Waals surface area contributed by atoms with Gasteiger partial charge in [0.05, 0.1) is 35.5 Å². The van der Waals surface area contributed by atoms with Gasteiger partial charge in [0, 0.05) is 18.1 Å². The van der Waals surface area contributed by atoms with E-state index in [0.717, 1.165) is 11.3 Å². The highest BCUT2D eigenvalue weighted by atomic mass is 35.5. The number of carbonyl (C=O) groups is 2. The number of hydrogen-bond acceptors (Lipinski definition) is 7. The number of rotatable bonds is 6. The largest absolute Gasteiger partial charge is 0.452 e. The van der Waals surface area contributed by atoms with Gasteiger partial charge < -0.3 is 4.74 Å².